The molecule has 3 rings (SSSR count). The molecule has 7 nitrogen and oxygen atoms in total. The van der Waals surface area contributed by atoms with Crippen molar-refractivity contribution in [1.29, 1.82) is 0 Å². The molecular weight excluding hydrogens is 356 g/mol. The van der Waals surface area contributed by atoms with Gasteiger partial charge in [0.15, 0.2) is 5.82 Å². The predicted molar refractivity (Wildman–Crippen MR) is 95.7 cm³/mol. The first-order valence-corrected chi connectivity index (χ1v) is 8.98. The summed E-state index contributed by atoms with van der Waals surface area (Å²) in [6.07, 6.45) is 1.23. The second-order valence-electron chi connectivity index (χ2n) is 6.30. The van der Waals surface area contributed by atoms with E-state index in [9.17, 15) is 9.59 Å². The van der Waals surface area contributed by atoms with Gasteiger partial charge in [0.2, 0.25) is 17.7 Å². The molecule has 2 amide bonds. The van der Waals surface area contributed by atoms with Gasteiger partial charge in [0.05, 0.1) is 6.42 Å². The normalized spacial score (nSPS) is 14.5. The summed E-state index contributed by atoms with van der Waals surface area (Å²) >= 11 is 5.97. The summed E-state index contributed by atoms with van der Waals surface area (Å²) in [6, 6.07) is 7.55. The largest absolute Gasteiger partial charge is 0.340 e. The summed E-state index contributed by atoms with van der Waals surface area (Å²) in [4.78, 5) is 32.3. The monoisotopic (exact) mass is 376 g/mol. The first-order valence-electron chi connectivity index (χ1n) is 8.60. The minimum absolute atomic E-state index is 0.0446. The van der Waals surface area contributed by atoms with E-state index in [1.165, 1.54) is 0 Å². The molecule has 0 atom stereocenters. The highest BCUT2D eigenvalue weighted by molar-refractivity contribution is 6.30. The molecular formula is C18H21ClN4O3. The van der Waals surface area contributed by atoms with Crippen molar-refractivity contribution in [2.75, 3.05) is 26.2 Å². The van der Waals surface area contributed by atoms with Crippen LogP contribution in [-0.4, -0.2) is 57.9 Å². The molecule has 1 fully saturated rings. The van der Waals surface area contributed by atoms with Crippen molar-refractivity contribution in [1.82, 2.24) is 19.9 Å². The van der Waals surface area contributed by atoms with Crippen LogP contribution in [0.25, 0.3) is 0 Å². The van der Waals surface area contributed by atoms with Gasteiger partial charge in [0.1, 0.15) is 0 Å². The molecule has 1 aliphatic heterocycles. The fourth-order valence-electron chi connectivity index (χ4n) is 2.97. The molecule has 1 aromatic carbocycles. The smallest absolute Gasteiger partial charge is 0.230 e. The van der Waals surface area contributed by atoms with Crippen LogP contribution >= 0.6 is 11.6 Å². The van der Waals surface area contributed by atoms with Crippen molar-refractivity contribution in [3.05, 3.63) is 46.6 Å². The Kier molecular flexibility index (Phi) is 5.88. The number of nitrogens with zero attached hydrogens (tertiary/aromatic N) is 4. The number of piperazine rings is 1. The van der Waals surface area contributed by atoms with Gasteiger partial charge in [-0.25, -0.2) is 0 Å². The van der Waals surface area contributed by atoms with Gasteiger partial charge in [-0.15, -0.1) is 0 Å². The second kappa shape index (κ2) is 8.31. The average molecular weight is 377 g/mol. The molecule has 26 heavy (non-hydrogen) atoms. The van der Waals surface area contributed by atoms with Crippen molar-refractivity contribution in [2.24, 2.45) is 0 Å². The molecule has 0 spiro atoms. The zero-order valence-corrected chi connectivity index (χ0v) is 15.4. The van der Waals surface area contributed by atoms with E-state index >= 15 is 0 Å². The third-order valence-corrected chi connectivity index (χ3v) is 4.62. The Hall–Kier alpha value is -2.41. The quantitative estimate of drug-likeness (QED) is 0.796. The average Bonchev–Trinajstić information content (AvgIpc) is 3.04. The summed E-state index contributed by atoms with van der Waals surface area (Å²) in [5, 5.41) is 4.43. The Labute approximate surface area is 156 Å². The maximum atomic E-state index is 12.4. The molecule has 2 aromatic rings. The molecule has 0 N–H and O–H groups in total. The number of benzene rings is 1. The van der Waals surface area contributed by atoms with Gasteiger partial charge in [-0.1, -0.05) is 28.9 Å². The van der Waals surface area contributed by atoms with Crippen LogP contribution in [0.4, 0.5) is 0 Å². The second-order valence-corrected chi connectivity index (χ2v) is 6.73. The highest BCUT2D eigenvalue weighted by Crippen LogP contribution is 2.13. The van der Waals surface area contributed by atoms with Crippen LogP contribution in [0.2, 0.25) is 5.02 Å². The minimum Gasteiger partial charge on any atom is -0.340 e. The third-order valence-electron chi connectivity index (χ3n) is 4.38. The number of amides is 2. The Morgan fingerprint density at radius 1 is 1.15 bits per heavy atom. The van der Waals surface area contributed by atoms with Crippen LogP contribution < -0.4 is 0 Å². The summed E-state index contributed by atoms with van der Waals surface area (Å²) in [6.45, 7) is 3.84. The van der Waals surface area contributed by atoms with Crippen LogP contribution in [0.15, 0.2) is 28.8 Å². The number of hydrogen-bond acceptors (Lipinski definition) is 5. The molecule has 2 heterocycles. The molecule has 0 aliphatic carbocycles. The Balaban J connectivity index is 1.44. The van der Waals surface area contributed by atoms with E-state index in [0.29, 0.717) is 55.8 Å². The predicted octanol–water partition coefficient (Wildman–Crippen LogP) is 1.88. The SMILES string of the molecule is Cc1nc(CC(=O)N2CCN(C(=O)CCc3cccc(Cl)c3)CC2)no1. The zero-order valence-electron chi connectivity index (χ0n) is 14.7. The first kappa shape index (κ1) is 18.4. The summed E-state index contributed by atoms with van der Waals surface area (Å²) in [5.74, 6) is 0.901. The molecule has 0 bridgehead atoms. The van der Waals surface area contributed by atoms with Crippen molar-refractivity contribution in [3.63, 3.8) is 0 Å². The number of rotatable bonds is 5. The molecule has 1 saturated heterocycles. The number of hydrogen-bond donors (Lipinski definition) is 0. The first-order chi connectivity index (χ1) is 12.5. The fraction of sp³-hybridized carbons (Fsp3) is 0.444. The standard InChI is InChI=1S/C18H21ClN4O3/c1-13-20-16(21-26-13)12-18(25)23-9-7-22(8-10-23)17(24)6-5-14-3-2-4-15(19)11-14/h2-4,11H,5-10,12H2,1H3. The molecule has 0 saturated carbocycles. The van der Waals surface area contributed by atoms with Crippen LogP contribution in [0.1, 0.15) is 23.7 Å². The lowest BCUT2D eigenvalue weighted by Crippen LogP contribution is -2.51. The molecule has 0 radical (unpaired) electrons. The van der Waals surface area contributed by atoms with Crippen LogP contribution in [-0.2, 0) is 22.4 Å². The van der Waals surface area contributed by atoms with Crippen molar-refractivity contribution < 1.29 is 14.1 Å². The van der Waals surface area contributed by atoms with E-state index < -0.39 is 0 Å². The molecule has 1 aliphatic rings. The van der Waals surface area contributed by atoms with Gasteiger partial charge >= 0.3 is 0 Å². The number of halogens is 1. The third kappa shape index (κ3) is 4.82. The molecule has 138 valence electrons. The Bertz CT molecular complexity index is 784. The zero-order chi connectivity index (χ0) is 18.5. The van der Waals surface area contributed by atoms with Crippen LogP contribution in [0.3, 0.4) is 0 Å². The highest BCUT2D eigenvalue weighted by atomic mass is 35.5. The van der Waals surface area contributed by atoms with Gasteiger partial charge < -0.3 is 14.3 Å². The lowest BCUT2D eigenvalue weighted by molar-refractivity contribution is -0.139. The maximum absolute atomic E-state index is 12.4. The van der Waals surface area contributed by atoms with E-state index in [1.807, 2.05) is 29.2 Å². The van der Waals surface area contributed by atoms with Crippen molar-refractivity contribution >= 4 is 23.4 Å². The number of carbonyl (C=O) groups is 2. The molecule has 0 unspecified atom stereocenters. The molecule has 8 heteroatoms. The maximum Gasteiger partial charge on any atom is 0.230 e. The van der Waals surface area contributed by atoms with E-state index in [2.05, 4.69) is 10.1 Å². The summed E-state index contributed by atoms with van der Waals surface area (Å²) < 4.78 is 4.88. The summed E-state index contributed by atoms with van der Waals surface area (Å²) in [7, 11) is 0. The lowest BCUT2D eigenvalue weighted by Gasteiger charge is -2.34. The van der Waals surface area contributed by atoms with Crippen LogP contribution in [0.5, 0.6) is 0 Å². The van der Waals surface area contributed by atoms with E-state index in [-0.39, 0.29) is 18.2 Å². The van der Waals surface area contributed by atoms with Crippen molar-refractivity contribution in [2.45, 2.75) is 26.2 Å². The van der Waals surface area contributed by atoms with Crippen molar-refractivity contribution in [3.8, 4) is 0 Å². The number of carbonyl (C=O) groups excluding carboxylic acids is 2. The van der Waals surface area contributed by atoms with Gasteiger partial charge in [-0.3, -0.25) is 9.59 Å². The number of aromatic nitrogens is 2. The van der Waals surface area contributed by atoms with Gasteiger partial charge in [-0.05, 0) is 24.1 Å². The van der Waals surface area contributed by atoms with E-state index in [1.54, 1.807) is 11.8 Å². The Morgan fingerprint density at radius 2 is 1.85 bits per heavy atom. The summed E-state index contributed by atoms with van der Waals surface area (Å²) in [5.41, 5.74) is 1.05. The van der Waals surface area contributed by atoms with Gasteiger partial charge in [0, 0.05) is 44.5 Å². The Morgan fingerprint density at radius 3 is 2.46 bits per heavy atom. The highest BCUT2D eigenvalue weighted by Gasteiger charge is 2.24. The van der Waals surface area contributed by atoms with Crippen LogP contribution in [0, 0.1) is 6.92 Å². The molecule has 1 aromatic heterocycles. The number of aryl methyl sites for hydroxylation is 2. The topological polar surface area (TPSA) is 79.5 Å². The minimum atomic E-state index is -0.0446. The van der Waals surface area contributed by atoms with E-state index in [4.69, 9.17) is 16.1 Å². The van der Waals surface area contributed by atoms with E-state index in [0.717, 1.165) is 5.56 Å². The van der Waals surface area contributed by atoms with Gasteiger partial charge in [-0.2, -0.15) is 4.98 Å². The fourth-order valence-corrected chi connectivity index (χ4v) is 3.18. The lowest BCUT2D eigenvalue weighted by atomic mass is 10.1. The van der Waals surface area contributed by atoms with Gasteiger partial charge in [0.25, 0.3) is 0 Å².